The molecule has 4 heteroatoms. The van der Waals surface area contributed by atoms with Crippen LogP contribution in [0.5, 0.6) is 0 Å². The minimum atomic E-state index is 0. The molecule has 0 amide bonds. The fourth-order valence-electron chi connectivity index (χ4n) is 7.16. The van der Waals surface area contributed by atoms with E-state index in [0.29, 0.717) is 0 Å². The van der Waals surface area contributed by atoms with E-state index >= 15 is 0 Å². The summed E-state index contributed by atoms with van der Waals surface area (Å²) >= 11 is 1.74. The smallest absolute Gasteiger partial charge is 0.0132 e. The second-order valence-corrected chi connectivity index (χ2v) is 26.4. The van der Waals surface area contributed by atoms with Crippen LogP contribution >= 0.6 is 0 Å². The van der Waals surface area contributed by atoms with E-state index in [2.05, 4.69) is 214 Å². The first-order valence-corrected chi connectivity index (χ1v) is 25.4. The van der Waals surface area contributed by atoms with Crippen molar-refractivity contribution in [2.24, 2.45) is 0 Å². The summed E-state index contributed by atoms with van der Waals surface area (Å²) in [6.45, 7) is 22.5. The number of fused-ring (bicyclic) bond motifs is 3. The largest absolute Gasteiger partial charge is 1.00 e. The molecule has 8 aromatic carbocycles. The molecule has 0 heterocycles. The van der Waals surface area contributed by atoms with Crippen molar-refractivity contribution >= 4 is 37.8 Å². The van der Waals surface area contributed by atoms with Crippen molar-refractivity contribution in [2.75, 3.05) is 0 Å². The third-order valence-corrected chi connectivity index (χ3v) is 10.2. The summed E-state index contributed by atoms with van der Waals surface area (Å²) in [5.74, 6) is 0. The predicted octanol–water partition coefficient (Wildman–Crippen LogP) is 9.28. The second kappa shape index (κ2) is 18.8. The molecule has 0 saturated carbocycles. The predicted molar refractivity (Wildman–Crippen MR) is 237 cm³/mol. The number of rotatable bonds is 3. The zero-order valence-corrected chi connectivity index (χ0v) is 39.6. The Labute approximate surface area is 363 Å². The van der Waals surface area contributed by atoms with Gasteiger partial charge in [-0.1, -0.05) is 181 Å². The third kappa shape index (κ3) is 10.7. The SMILES string of the molecule is CC(C)(C)c1ccc(-c2cccc3[cH-]c(-c4ccc5ccccc5c4)cc23)cc1.C[Si](C)=[Zr+2].Cc1cc2c(-c3ccc(C(C)(C)C)cc3)ccc(C)c2[cH-]1.[Cl-].[Cl-]. The van der Waals surface area contributed by atoms with Crippen molar-refractivity contribution < 1.29 is 48.1 Å². The summed E-state index contributed by atoms with van der Waals surface area (Å²) in [5.41, 5.74) is 13.8. The van der Waals surface area contributed by atoms with Gasteiger partial charge in [-0.2, -0.15) is 6.07 Å². The molecule has 0 bridgehead atoms. The minimum absolute atomic E-state index is 0. The summed E-state index contributed by atoms with van der Waals surface area (Å²) in [4.78, 5) is 0. The van der Waals surface area contributed by atoms with Crippen LogP contribution in [-0.4, -0.2) is 5.43 Å². The molecule has 8 rings (SSSR count). The van der Waals surface area contributed by atoms with Gasteiger partial charge in [0.2, 0.25) is 0 Å². The second-order valence-electron chi connectivity index (χ2n) is 17.1. The molecule has 0 aromatic heterocycles. The fraction of sp³-hybridized carbons (Fsp3) is 0.231. The van der Waals surface area contributed by atoms with Crippen molar-refractivity contribution in [1.29, 1.82) is 0 Å². The molecule has 0 nitrogen and oxygen atoms in total. The first-order chi connectivity index (χ1) is 25.6. The van der Waals surface area contributed by atoms with Crippen LogP contribution in [0.25, 0.3) is 65.7 Å². The van der Waals surface area contributed by atoms with Crippen LogP contribution in [0.15, 0.2) is 146 Å². The number of aryl methyl sites for hydroxylation is 2. The monoisotopic (exact) mass is 866 g/mol. The van der Waals surface area contributed by atoms with Crippen LogP contribution in [-0.2, 0) is 34.2 Å². The molecule has 0 N–H and O–H groups in total. The zero-order chi connectivity index (χ0) is 38.8. The van der Waals surface area contributed by atoms with Crippen LogP contribution in [0.2, 0.25) is 13.1 Å². The number of hydrogen-bond acceptors (Lipinski definition) is 0. The molecule has 0 aliphatic heterocycles. The van der Waals surface area contributed by atoms with Gasteiger partial charge in [-0.15, -0.1) is 68.6 Å². The maximum Gasteiger partial charge on any atom is -0.0132 e. The summed E-state index contributed by atoms with van der Waals surface area (Å²) in [7, 11) is 0. The van der Waals surface area contributed by atoms with E-state index in [1.165, 1.54) is 88.0 Å². The van der Waals surface area contributed by atoms with Crippen LogP contribution in [0.4, 0.5) is 0 Å². The Morgan fingerprint density at radius 2 is 1.02 bits per heavy atom. The molecular formula is C52H54Cl2SiZr-2. The van der Waals surface area contributed by atoms with E-state index in [-0.39, 0.29) is 41.1 Å². The molecule has 0 saturated heterocycles. The summed E-state index contributed by atoms with van der Waals surface area (Å²) < 4.78 is 0. The molecule has 286 valence electrons. The van der Waals surface area contributed by atoms with Gasteiger partial charge < -0.3 is 24.8 Å². The normalized spacial score (nSPS) is 11.2. The van der Waals surface area contributed by atoms with Crippen molar-refractivity contribution in [2.45, 2.75) is 79.3 Å². The summed E-state index contributed by atoms with van der Waals surface area (Å²) in [6.07, 6.45) is 0. The average molecular weight is 869 g/mol. The Kier molecular flexibility index (Phi) is 15.2. The van der Waals surface area contributed by atoms with Crippen molar-refractivity contribution in [3.05, 3.63) is 168 Å². The molecule has 8 aromatic rings. The maximum atomic E-state index is 2.34. The van der Waals surface area contributed by atoms with Gasteiger partial charge in [-0.25, -0.2) is 0 Å². The Bertz CT molecular complexity index is 2550. The topological polar surface area (TPSA) is 0 Å². The minimum Gasteiger partial charge on any atom is -1.00 e. The van der Waals surface area contributed by atoms with Crippen molar-refractivity contribution in [1.82, 2.24) is 0 Å². The molecule has 0 aliphatic rings. The van der Waals surface area contributed by atoms with Gasteiger partial charge in [0.1, 0.15) is 0 Å². The fourth-order valence-corrected chi connectivity index (χ4v) is 7.16. The molecule has 0 fully saturated rings. The standard InChI is InChI=1S/C29H25.C21H23.C2H6Si.2ClH.Zr/c1-29(2,3)26-15-13-21(14-16-26)27-10-6-9-24-18-25(19-28(24)27)23-12-11-20-7-4-5-8-22(20)17-23;1-14-12-19-15(2)6-11-18(20(19)13-14)16-7-9-17(10-8-16)21(3,4)5;1-3-2;;;/h4-19H,1-3H3;6-13H,1-5H3;1-2H3;2*1H;/q2*-1;;;;+2/p-2. The van der Waals surface area contributed by atoms with Gasteiger partial charge in [0.05, 0.1) is 0 Å². The first-order valence-electron chi connectivity index (χ1n) is 19.2. The molecule has 0 spiro atoms. The Balaban J connectivity index is 0.000000229. The Morgan fingerprint density at radius 3 is 1.57 bits per heavy atom. The molecule has 0 atom stereocenters. The van der Waals surface area contributed by atoms with E-state index in [0.717, 1.165) is 0 Å². The van der Waals surface area contributed by atoms with Gasteiger partial charge in [0.25, 0.3) is 0 Å². The third-order valence-electron chi connectivity index (χ3n) is 10.2. The van der Waals surface area contributed by atoms with Crippen molar-refractivity contribution in [3.8, 4) is 33.4 Å². The molecule has 0 radical (unpaired) electrons. The summed E-state index contributed by atoms with van der Waals surface area (Å²) in [5, 5.41) is 7.94. The van der Waals surface area contributed by atoms with Crippen LogP contribution in [0.1, 0.15) is 63.8 Å². The van der Waals surface area contributed by atoms with E-state index in [4.69, 9.17) is 0 Å². The van der Waals surface area contributed by atoms with Crippen molar-refractivity contribution in [3.63, 3.8) is 0 Å². The summed E-state index contributed by atoms with van der Waals surface area (Å²) in [6, 6.07) is 53.7. The Morgan fingerprint density at radius 1 is 0.500 bits per heavy atom. The molecule has 56 heavy (non-hydrogen) atoms. The van der Waals surface area contributed by atoms with Gasteiger partial charge >= 0.3 is 41.9 Å². The van der Waals surface area contributed by atoms with Crippen LogP contribution < -0.4 is 24.8 Å². The Hall–Kier alpha value is -3.52. The van der Waals surface area contributed by atoms with E-state index < -0.39 is 0 Å². The first kappa shape index (κ1) is 45.2. The van der Waals surface area contributed by atoms with E-state index in [9.17, 15) is 0 Å². The van der Waals surface area contributed by atoms with Gasteiger partial charge in [-0.05, 0) is 43.9 Å². The van der Waals surface area contributed by atoms with Crippen LogP contribution in [0, 0.1) is 13.8 Å². The molecule has 0 unspecified atom stereocenters. The number of hydrogen-bond donors (Lipinski definition) is 0. The average Bonchev–Trinajstić information content (AvgIpc) is 3.75. The molecular weight excluding hydrogens is 815 g/mol. The zero-order valence-electron chi connectivity index (χ0n) is 34.6. The quantitative estimate of drug-likeness (QED) is 0.123. The van der Waals surface area contributed by atoms with Gasteiger partial charge in [-0.3, -0.25) is 0 Å². The number of benzene rings is 6. The number of halogens is 2. The van der Waals surface area contributed by atoms with Gasteiger partial charge in [0, 0.05) is 0 Å². The van der Waals surface area contributed by atoms with E-state index in [1.54, 1.807) is 23.3 Å². The van der Waals surface area contributed by atoms with Gasteiger partial charge in [0.15, 0.2) is 0 Å². The van der Waals surface area contributed by atoms with Crippen LogP contribution in [0.3, 0.4) is 0 Å². The molecule has 0 aliphatic carbocycles. The van der Waals surface area contributed by atoms with E-state index in [1.807, 2.05) is 0 Å². The maximum absolute atomic E-state index is 2.34.